The maximum absolute atomic E-state index is 12.8. The molecule has 1 aromatic carbocycles. The molecule has 0 spiro atoms. The van der Waals surface area contributed by atoms with Gasteiger partial charge >= 0.3 is 12.1 Å². The van der Waals surface area contributed by atoms with Gasteiger partial charge in [0.25, 0.3) is 5.91 Å². The third-order valence-corrected chi connectivity index (χ3v) is 6.28. The van der Waals surface area contributed by atoms with Crippen LogP contribution >= 0.6 is 0 Å². The molecule has 0 N–H and O–H groups in total. The number of benzene rings is 1. The van der Waals surface area contributed by atoms with Crippen LogP contribution in [0.3, 0.4) is 0 Å². The molecular weight excluding hydrogens is 460 g/mol. The molecular formula is C28H42N2O6. The molecule has 3 rings (SSSR count). The highest BCUT2D eigenvalue weighted by Crippen LogP contribution is 2.26. The highest BCUT2D eigenvalue weighted by molar-refractivity contribution is 5.98. The van der Waals surface area contributed by atoms with Crippen LogP contribution < -0.4 is 4.74 Å². The Hall–Kier alpha value is -2.77. The predicted molar refractivity (Wildman–Crippen MR) is 137 cm³/mol. The quantitative estimate of drug-likeness (QED) is 0.392. The zero-order valence-corrected chi connectivity index (χ0v) is 22.7. The topological polar surface area (TPSA) is 85.4 Å². The van der Waals surface area contributed by atoms with Crippen molar-refractivity contribution in [1.29, 1.82) is 0 Å². The van der Waals surface area contributed by atoms with Crippen LogP contribution in [-0.2, 0) is 20.7 Å². The van der Waals surface area contributed by atoms with Gasteiger partial charge in [-0.25, -0.2) is 4.79 Å². The van der Waals surface area contributed by atoms with Crippen molar-refractivity contribution in [2.45, 2.75) is 84.8 Å². The second-order valence-corrected chi connectivity index (χ2v) is 11.8. The van der Waals surface area contributed by atoms with Gasteiger partial charge in [-0.2, -0.15) is 0 Å². The Morgan fingerprint density at radius 2 is 1.64 bits per heavy atom. The van der Waals surface area contributed by atoms with Crippen LogP contribution in [0.15, 0.2) is 18.2 Å². The van der Waals surface area contributed by atoms with Crippen LogP contribution in [-0.4, -0.2) is 71.8 Å². The van der Waals surface area contributed by atoms with Crippen molar-refractivity contribution in [2.24, 2.45) is 5.92 Å². The Morgan fingerprint density at radius 1 is 0.972 bits per heavy atom. The fourth-order valence-corrected chi connectivity index (χ4v) is 4.58. The molecule has 2 aliphatic rings. The molecule has 1 fully saturated rings. The van der Waals surface area contributed by atoms with Crippen molar-refractivity contribution in [3.8, 4) is 5.75 Å². The van der Waals surface area contributed by atoms with Gasteiger partial charge in [0.2, 0.25) is 0 Å². The summed E-state index contributed by atoms with van der Waals surface area (Å²) in [6.45, 7) is 13.6. The largest absolute Gasteiger partial charge is 0.494 e. The highest BCUT2D eigenvalue weighted by atomic mass is 16.6. The number of amides is 2. The molecule has 8 heteroatoms. The highest BCUT2D eigenvalue weighted by Gasteiger charge is 2.29. The summed E-state index contributed by atoms with van der Waals surface area (Å²) < 4.78 is 16.8. The molecule has 36 heavy (non-hydrogen) atoms. The van der Waals surface area contributed by atoms with Gasteiger partial charge in [-0.15, -0.1) is 0 Å². The number of piperidine rings is 1. The molecule has 2 aliphatic heterocycles. The normalized spacial score (nSPS) is 17.0. The summed E-state index contributed by atoms with van der Waals surface area (Å²) in [6.07, 6.45) is 4.43. The number of nitrogens with zero attached hydrogens (tertiary/aromatic N) is 2. The van der Waals surface area contributed by atoms with E-state index in [-0.39, 0.29) is 18.5 Å². The lowest BCUT2D eigenvalue weighted by Crippen LogP contribution is -2.42. The molecule has 0 unspecified atom stereocenters. The molecule has 0 atom stereocenters. The fraction of sp³-hybridized carbons (Fsp3) is 0.679. The van der Waals surface area contributed by atoms with E-state index in [0.717, 1.165) is 50.1 Å². The molecule has 0 radical (unpaired) electrons. The first kappa shape index (κ1) is 27.8. The van der Waals surface area contributed by atoms with Gasteiger partial charge in [-0.3, -0.25) is 9.59 Å². The van der Waals surface area contributed by atoms with Crippen LogP contribution in [0.25, 0.3) is 0 Å². The zero-order valence-electron chi connectivity index (χ0n) is 22.7. The minimum absolute atomic E-state index is 0.0372. The number of carbonyl (C=O) groups excluding carboxylic acids is 3. The molecule has 2 amide bonds. The van der Waals surface area contributed by atoms with Gasteiger partial charge in [0, 0.05) is 25.2 Å². The van der Waals surface area contributed by atoms with Gasteiger partial charge in [0.05, 0.1) is 6.61 Å². The van der Waals surface area contributed by atoms with Gasteiger partial charge in [0.15, 0.2) is 0 Å². The van der Waals surface area contributed by atoms with Crippen LogP contribution in [0.4, 0.5) is 4.79 Å². The maximum atomic E-state index is 12.8. The SMILES string of the molecule is CC(C)(C)OC(=O)CN1CCc2cc(OCCCC3CCN(C(=O)OC(C)(C)C)CC3)ccc2C1=O. The second kappa shape index (κ2) is 11.5. The number of hydrogen-bond acceptors (Lipinski definition) is 6. The first-order chi connectivity index (χ1) is 16.8. The Kier molecular flexibility index (Phi) is 8.90. The van der Waals surface area contributed by atoms with Crippen molar-refractivity contribution >= 4 is 18.0 Å². The monoisotopic (exact) mass is 502 g/mol. The maximum Gasteiger partial charge on any atom is 0.410 e. The van der Waals surface area contributed by atoms with Crippen molar-refractivity contribution < 1.29 is 28.6 Å². The Balaban J connectivity index is 1.39. The smallest absolute Gasteiger partial charge is 0.410 e. The second-order valence-electron chi connectivity index (χ2n) is 11.8. The Morgan fingerprint density at radius 3 is 2.28 bits per heavy atom. The average Bonchev–Trinajstić information content (AvgIpc) is 2.76. The minimum atomic E-state index is -0.572. The number of fused-ring (bicyclic) bond motifs is 1. The fourth-order valence-electron chi connectivity index (χ4n) is 4.58. The molecule has 8 nitrogen and oxygen atoms in total. The Bertz CT molecular complexity index is 938. The van der Waals surface area contributed by atoms with E-state index in [1.54, 1.807) is 15.9 Å². The number of rotatable bonds is 7. The lowest BCUT2D eigenvalue weighted by atomic mass is 9.92. The first-order valence-electron chi connectivity index (χ1n) is 13.1. The summed E-state index contributed by atoms with van der Waals surface area (Å²) in [5.74, 6) is 0.812. The van der Waals surface area contributed by atoms with E-state index < -0.39 is 17.2 Å². The molecule has 0 bridgehead atoms. The molecule has 0 aromatic heterocycles. The molecule has 1 saturated heterocycles. The summed E-state index contributed by atoms with van der Waals surface area (Å²) in [7, 11) is 0. The zero-order chi connectivity index (χ0) is 26.5. The van der Waals surface area contributed by atoms with Crippen LogP contribution in [0.5, 0.6) is 5.75 Å². The van der Waals surface area contributed by atoms with Crippen molar-refractivity contribution in [1.82, 2.24) is 9.80 Å². The van der Waals surface area contributed by atoms with Gasteiger partial charge in [-0.1, -0.05) is 0 Å². The number of hydrogen-bond donors (Lipinski definition) is 0. The van der Waals surface area contributed by atoms with Gasteiger partial charge in [0.1, 0.15) is 23.5 Å². The van der Waals surface area contributed by atoms with Crippen LogP contribution in [0, 0.1) is 5.92 Å². The van der Waals surface area contributed by atoms with E-state index in [4.69, 9.17) is 14.2 Å². The third-order valence-electron chi connectivity index (χ3n) is 6.28. The van der Waals surface area contributed by atoms with E-state index >= 15 is 0 Å². The average molecular weight is 503 g/mol. The van der Waals surface area contributed by atoms with Crippen LogP contribution in [0.1, 0.15) is 83.1 Å². The van der Waals surface area contributed by atoms with E-state index in [9.17, 15) is 14.4 Å². The summed E-state index contributed by atoms with van der Waals surface area (Å²) in [5.41, 5.74) is 0.535. The number of carbonyl (C=O) groups is 3. The lowest BCUT2D eigenvalue weighted by Gasteiger charge is -2.33. The first-order valence-corrected chi connectivity index (χ1v) is 13.1. The van der Waals surface area contributed by atoms with Crippen molar-refractivity contribution in [3.05, 3.63) is 29.3 Å². The molecule has 200 valence electrons. The van der Waals surface area contributed by atoms with Gasteiger partial charge < -0.3 is 24.0 Å². The summed E-state index contributed by atoms with van der Waals surface area (Å²) in [6, 6.07) is 5.56. The minimum Gasteiger partial charge on any atom is -0.494 e. The van der Waals surface area contributed by atoms with Crippen LogP contribution in [0.2, 0.25) is 0 Å². The number of likely N-dealkylation sites (tertiary alicyclic amines) is 1. The standard InChI is InChI=1S/C28H42N2O6/c1-27(2,3)35-24(31)19-30-16-13-21-18-22(9-10-23(21)25(30)32)34-17-7-8-20-11-14-29(15-12-20)26(33)36-28(4,5)6/h9-10,18,20H,7-8,11-17,19H2,1-6H3. The summed E-state index contributed by atoms with van der Waals surface area (Å²) in [4.78, 5) is 40.5. The van der Waals surface area contributed by atoms with Gasteiger partial charge in [-0.05, 0) is 103 Å². The molecule has 1 aromatic rings. The lowest BCUT2D eigenvalue weighted by molar-refractivity contribution is -0.155. The van der Waals surface area contributed by atoms with E-state index in [1.807, 2.05) is 53.7 Å². The molecule has 2 heterocycles. The molecule has 0 saturated carbocycles. The summed E-state index contributed by atoms with van der Waals surface area (Å²) >= 11 is 0. The van der Waals surface area contributed by atoms with E-state index in [2.05, 4.69) is 0 Å². The Labute approximate surface area is 215 Å². The molecule has 0 aliphatic carbocycles. The van der Waals surface area contributed by atoms with E-state index in [1.165, 1.54) is 0 Å². The number of esters is 1. The third kappa shape index (κ3) is 8.42. The number of ether oxygens (including phenoxy) is 3. The summed E-state index contributed by atoms with van der Waals surface area (Å²) in [5, 5.41) is 0. The van der Waals surface area contributed by atoms with Crippen molar-refractivity contribution in [3.63, 3.8) is 0 Å². The van der Waals surface area contributed by atoms with Crippen molar-refractivity contribution in [2.75, 3.05) is 32.8 Å². The van der Waals surface area contributed by atoms with E-state index in [0.29, 0.717) is 31.1 Å². The predicted octanol–water partition coefficient (Wildman–Crippen LogP) is 4.83.